The third-order valence-corrected chi connectivity index (χ3v) is 4.34. The number of aromatic nitrogens is 2. The predicted molar refractivity (Wildman–Crippen MR) is 78.9 cm³/mol. The first-order valence-corrected chi connectivity index (χ1v) is 7.53. The summed E-state index contributed by atoms with van der Waals surface area (Å²) < 4.78 is 0. The van der Waals surface area contributed by atoms with Crippen molar-refractivity contribution in [2.24, 2.45) is 0 Å². The molecule has 0 radical (unpaired) electrons. The smallest absolute Gasteiger partial charge is 0.226 e. The lowest BCUT2D eigenvalue weighted by Gasteiger charge is -2.36. The SMILES string of the molecule is CCNc1nc(NCC2(O)CCC2)c2ccsc2n1. The molecule has 0 bridgehead atoms. The molecule has 2 heterocycles. The van der Waals surface area contributed by atoms with Crippen molar-refractivity contribution in [1.29, 1.82) is 0 Å². The van der Waals surface area contributed by atoms with Crippen molar-refractivity contribution < 1.29 is 5.11 Å². The molecule has 0 atom stereocenters. The Morgan fingerprint density at radius 1 is 1.37 bits per heavy atom. The minimum absolute atomic E-state index is 0.550. The van der Waals surface area contributed by atoms with E-state index < -0.39 is 5.60 Å². The molecule has 3 N–H and O–H groups in total. The summed E-state index contributed by atoms with van der Waals surface area (Å²) in [6.45, 7) is 3.37. The Bertz CT molecular complexity index is 579. The van der Waals surface area contributed by atoms with Crippen molar-refractivity contribution in [2.75, 3.05) is 23.7 Å². The van der Waals surface area contributed by atoms with Gasteiger partial charge in [-0.25, -0.2) is 4.98 Å². The number of rotatable bonds is 5. The number of nitrogens with zero attached hydrogens (tertiary/aromatic N) is 2. The van der Waals surface area contributed by atoms with E-state index in [-0.39, 0.29) is 0 Å². The summed E-state index contributed by atoms with van der Waals surface area (Å²) in [6, 6.07) is 2.02. The van der Waals surface area contributed by atoms with Crippen LogP contribution in [0.2, 0.25) is 0 Å². The van der Waals surface area contributed by atoms with Gasteiger partial charge in [0.05, 0.1) is 11.0 Å². The molecular formula is C13H18N4OS. The van der Waals surface area contributed by atoms with Gasteiger partial charge < -0.3 is 15.7 Å². The van der Waals surface area contributed by atoms with Gasteiger partial charge in [-0.15, -0.1) is 11.3 Å². The molecule has 5 nitrogen and oxygen atoms in total. The molecule has 2 aromatic heterocycles. The Kier molecular flexibility index (Phi) is 3.28. The van der Waals surface area contributed by atoms with E-state index in [1.807, 2.05) is 18.4 Å². The van der Waals surface area contributed by atoms with Crippen molar-refractivity contribution >= 4 is 33.3 Å². The molecule has 0 spiro atoms. The molecule has 102 valence electrons. The maximum absolute atomic E-state index is 10.1. The van der Waals surface area contributed by atoms with Gasteiger partial charge >= 0.3 is 0 Å². The highest BCUT2D eigenvalue weighted by Gasteiger charge is 2.34. The first-order valence-electron chi connectivity index (χ1n) is 6.65. The average Bonchev–Trinajstić information content (AvgIpc) is 2.82. The lowest BCUT2D eigenvalue weighted by Crippen LogP contribution is -2.43. The quantitative estimate of drug-likeness (QED) is 0.783. The van der Waals surface area contributed by atoms with Gasteiger partial charge in [-0.3, -0.25) is 0 Å². The summed E-state index contributed by atoms with van der Waals surface area (Å²) in [4.78, 5) is 9.91. The number of nitrogens with one attached hydrogen (secondary N) is 2. The monoisotopic (exact) mass is 278 g/mol. The van der Waals surface area contributed by atoms with Crippen molar-refractivity contribution in [3.63, 3.8) is 0 Å². The zero-order chi connectivity index (χ0) is 13.3. The van der Waals surface area contributed by atoms with Crippen molar-refractivity contribution in [2.45, 2.75) is 31.8 Å². The van der Waals surface area contributed by atoms with Gasteiger partial charge in [0.1, 0.15) is 10.6 Å². The average molecular weight is 278 g/mol. The van der Waals surface area contributed by atoms with Gasteiger partial charge in [-0.05, 0) is 37.6 Å². The molecule has 1 saturated carbocycles. The topological polar surface area (TPSA) is 70.1 Å². The van der Waals surface area contributed by atoms with Crippen LogP contribution in [0.1, 0.15) is 26.2 Å². The summed E-state index contributed by atoms with van der Waals surface area (Å²) in [5.41, 5.74) is -0.550. The summed E-state index contributed by atoms with van der Waals surface area (Å²) in [5.74, 6) is 1.45. The highest BCUT2D eigenvalue weighted by molar-refractivity contribution is 7.16. The third-order valence-electron chi connectivity index (χ3n) is 3.53. The minimum atomic E-state index is -0.550. The number of fused-ring (bicyclic) bond motifs is 1. The first-order chi connectivity index (χ1) is 9.20. The molecule has 1 fully saturated rings. The van der Waals surface area contributed by atoms with Crippen LogP contribution in [0.4, 0.5) is 11.8 Å². The van der Waals surface area contributed by atoms with Crippen LogP contribution in [0, 0.1) is 0 Å². The number of anilines is 2. The molecule has 1 aliphatic rings. The number of hydrogen-bond acceptors (Lipinski definition) is 6. The summed E-state index contributed by atoms with van der Waals surface area (Å²) in [6.07, 6.45) is 2.86. The Labute approximate surface area is 116 Å². The lowest BCUT2D eigenvalue weighted by molar-refractivity contribution is -0.0202. The van der Waals surface area contributed by atoms with E-state index in [1.165, 1.54) is 0 Å². The summed E-state index contributed by atoms with van der Waals surface area (Å²) >= 11 is 1.60. The largest absolute Gasteiger partial charge is 0.388 e. The van der Waals surface area contributed by atoms with Crippen molar-refractivity contribution in [3.05, 3.63) is 11.4 Å². The van der Waals surface area contributed by atoms with Crippen LogP contribution in [0.5, 0.6) is 0 Å². The van der Waals surface area contributed by atoms with E-state index in [2.05, 4.69) is 20.6 Å². The molecule has 0 unspecified atom stereocenters. The van der Waals surface area contributed by atoms with E-state index >= 15 is 0 Å². The van der Waals surface area contributed by atoms with Crippen LogP contribution in [-0.4, -0.2) is 33.8 Å². The second-order valence-electron chi connectivity index (χ2n) is 5.00. The van der Waals surface area contributed by atoms with E-state index in [0.29, 0.717) is 12.5 Å². The van der Waals surface area contributed by atoms with Crippen LogP contribution in [-0.2, 0) is 0 Å². The normalized spacial score (nSPS) is 17.2. The fourth-order valence-electron chi connectivity index (χ4n) is 2.24. The van der Waals surface area contributed by atoms with E-state index in [9.17, 15) is 5.11 Å². The van der Waals surface area contributed by atoms with Crippen LogP contribution < -0.4 is 10.6 Å². The molecule has 19 heavy (non-hydrogen) atoms. The maximum atomic E-state index is 10.1. The molecule has 2 aromatic rings. The molecule has 0 amide bonds. The van der Waals surface area contributed by atoms with E-state index in [4.69, 9.17) is 0 Å². The fraction of sp³-hybridized carbons (Fsp3) is 0.538. The standard InChI is InChI=1S/C13H18N4OS/c1-2-14-12-16-10(9-4-7-19-11(9)17-12)15-8-13(18)5-3-6-13/h4,7,18H,2-3,5-6,8H2,1H3,(H2,14,15,16,17). The highest BCUT2D eigenvalue weighted by atomic mass is 32.1. The maximum Gasteiger partial charge on any atom is 0.226 e. The van der Waals surface area contributed by atoms with Gasteiger partial charge in [-0.2, -0.15) is 4.98 Å². The van der Waals surface area contributed by atoms with Crippen LogP contribution in [0.15, 0.2) is 11.4 Å². The second kappa shape index (κ2) is 4.94. The Balaban J connectivity index is 1.85. The molecular weight excluding hydrogens is 260 g/mol. The zero-order valence-electron chi connectivity index (χ0n) is 10.9. The Hall–Kier alpha value is -1.40. The number of aliphatic hydroxyl groups is 1. The summed E-state index contributed by atoms with van der Waals surface area (Å²) in [5, 5.41) is 19.6. The van der Waals surface area contributed by atoms with Crippen LogP contribution >= 0.6 is 11.3 Å². The summed E-state index contributed by atoms with van der Waals surface area (Å²) in [7, 11) is 0. The number of hydrogen-bond donors (Lipinski definition) is 3. The lowest BCUT2D eigenvalue weighted by atomic mass is 9.80. The van der Waals surface area contributed by atoms with E-state index in [1.54, 1.807) is 11.3 Å². The minimum Gasteiger partial charge on any atom is -0.388 e. The van der Waals surface area contributed by atoms with E-state index in [0.717, 1.165) is 41.8 Å². The first kappa shape index (κ1) is 12.6. The molecule has 0 saturated heterocycles. The molecule has 0 aromatic carbocycles. The van der Waals surface area contributed by atoms with Gasteiger partial charge in [0, 0.05) is 13.1 Å². The van der Waals surface area contributed by atoms with Crippen LogP contribution in [0.25, 0.3) is 10.2 Å². The van der Waals surface area contributed by atoms with Gasteiger partial charge in [0.25, 0.3) is 0 Å². The van der Waals surface area contributed by atoms with Crippen molar-refractivity contribution in [1.82, 2.24) is 9.97 Å². The fourth-order valence-corrected chi connectivity index (χ4v) is 3.00. The predicted octanol–water partition coefficient (Wildman–Crippen LogP) is 2.45. The van der Waals surface area contributed by atoms with Gasteiger partial charge in [-0.1, -0.05) is 0 Å². The van der Waals surface area contributed by atoms with Gasteiger partial charge in [0.2, 0.25) is 5.95 Å². The highest BCUT2D eigenvalue weighted by Crippen LogP contribution is 2.33. The Morgan fingerprint density at radius 3 is 2.89 bits per heavy atom. The molecule has 3 rings (SSSR count). The van der Waals surface area contributed by atoms with Gasteiger partial charge in [0.15, 0.2) is 0 Å². The molecule has 6 heteroatoms. The third kappa shape index (κ3) is 2.50. The number of thiophene rings is 1. The zero-order valence-corrected chi connectivity index (χ0v) is 11.8. The second-order valence-corrected chi connectivity index (χ2v) is 5.89. The molecule has 0 aliphatic heterocycles. The van der Waals surface area contributed by atoms with Crippen molar-refractivity contribution in [3.8, 4) is 0 Å². The van der Waals surface area contributed by atoms with Crippen LogP contribution in [0.3, 0.4) is 0 Å². The molecule has 1 aliphatic carbocycles. The Morgan fingerprint density at radius 2 is 2.21 bits per heavy atom.